The molecule has 0 amide bonds. The summed E-state index contributed by atoms with van der Waals surface area (Å²) in [5.74, 6) is 0.681. The van der Waals surface area contributed by atoms with E-state index in [2.05, 4.69) is 11.4 Å². The average molecular weight is 285 g/mol. The molecule has 21 heavy (non-hydrogen) atoms. The van der Waals surface area contributed by atoms with Gasteiger partial charge in [-0.15, -0.1) is 0 Å². The SMILES string of the molecule is N#Cc1ccc(OC[C@H](O)CN[C@@H]2CCC[C@@H]2C#N)cc1. The minimum absolute atomic E-state index is 0.0524. The second-order valence-electron chi connectivity index (χ2n) is 5.28. The molecule has 5 nitrogen and oxygen atoms in total. The monoisotopic (exact) mass is 285 g/mol. The van der Waals surface area contributed by atoms with Crippen molar-refractivity contribution in [2.45, 2.75) is 31.4 Å². The maximum atomic E-state index is 9.91. The van der Waals surface area contributed by atoms with E-state index in [0.717, 1.165) is 19.3 Å². The summed E-state index contributed by atoms with van der Waals surface area (Å²) < 4.78 is 5.47. The van der Waals surface area contributed by atoms with Crippen LogP contribution in [0.2, 0.25) is 0 Å². The Morgan fingerprint density at radius 2 is 2.05 bits per heavy atom. The molecule has 0 spiro atoms. The van der Waals surface area contributed by atoms with Gasteiger partial charge in [-0.2, -0.15) is 10.5 Å². The summed E-state index contributed by atoms with van der Waals surface area (Å²) >= 11 is 0. The first-order valence-corrected chi connectivity index (χ1v) is 7.17. The number of aliphatic hydroxyl groups excluding tert-OH is 1. The van der Waals surface area contributed by atoms with E-state index in [4.69, 9.17) is 15.3 Å². The van der Waals surface area contributed by atoms with Gasteiger partial charge in [0.25, 0.3) is 0 Å². The van der Waals surface area contributed by atoms with Gasteiger partial charge in [-0.3, -0.25) is 0 Å². The molecule has 2 rings (SSSR count). The van der Waals surface area contributed by atoms with Crippen LogP contribution in [-0.2, 0) is 0 Å². The highest BCUT2D eigenvalue weighted by Crippen LogP contribution is 2.24. The van der Waals surface area contributed by atoms with Gasteiger partial charge >= 0.3 is 0 Å². The van der Waals surface area contributed by atoms with Crippen LogP contribution in [0.1, 0.15) is 24.8 Å². The molecule has 110 valence electrons. The zero-order valence-corrected chi connectivity index (χ0v) is 11.8. The number of aliphatic hydroxyl groups is 1. The summed E-state index contributed by atoms with van der Waals surface area (Å²) in [4.78, 5) is 0. The molecule has 0 aliphatic heterocycles. The zero-order valence-electron chi connectivity index (χ0n) is 11.8. The summed E-state index contributed by atoms with van der Waals surface area (Å²) in [7, 11) is 0. The van der Waals surface area contributed by atoms with E-state index in [1.807, 2.05) is 6.07 Å². The first-order valence-electron chi connectivity index (χ1n) is 7.17. The largest absolute Gasteiger partial charge is 0.491 e. The lowest BCUT2D eigenvalue weighted by atomic mass is 10.1. The fourth-order valence-electron chi connectivity index (χ4n) is 2.52. The molecule has 5 heteroatoms. The second kappa shape index (κ2) is 7.64. The lowest BCUT2D eigenvalue weighted by molar-refractivity contribution is 0.103. The number of hydrogen-bond donors (Lipinski definition) is 2. The van der Waals surface area contributed by atoms with Crippen molar-refractivity contribution >= 4 is 0 Å². The second-order valence-corrected chi connectivity index (χ2v) is 5.28. The van der Waals surface area contributed by atoms with Gasteiger partial charge in [0.2, 0.25) is 0 Å². The molecule has 2 N–H and O–H groups in total. The van der Waals surface area contributed by atoms with Crippen LogP contribution in [0.25, 0.3) is 0 Å². The quantitative estimate of drug-likeness (QED) is 0.828. The topological polar surface area (TPSA) is 89.1 Å². The maximum absolute atomic E-state index is 9.91. The van der Waals surface area contributed by atoms with Gasteiger partial charge in [-0.1, -0.05) is 6.42 Å². The molecule has 1 saturated carbocycles. The lowest BCUT2D eigenvalue weighted by Crippen LogP contribution is -2.39. The smallest absolute Gasteiger partial charge is 0.119 e. The summed E-state index contributed by atoms with van der Waals surface area (Å²) in [5.41, 5.74) is 0.577. The van der Waals surface area contributed by atoms with Crippen LogP contribution in [0.4, 0.5) is 0 Å². The number of benzene rings is 1. The van der Waals surface area contributed by atoms with Crippen LogP contribution in [0.3, 0.4) is 0 Å². The van der Waals surface area contributed by atoms with Gasteiger partial charge in [-0.25, -0.2) is 0 Å². The van der Waals surface area contributed by atoms with Crippen LogP contribution in [0, 0.1) is 28.6 Å². The Hall–Kier alpha value is -2.08. The van der Waals surface area contributed by atoms with Crippen LogP contribution in [-0.4, -0.2) is 30.4 Å². The van der Waals surface area contributed by atoms with E-state index in [0.29, 0.717) is 17.9 Å². The van der Waals surface area contributed by atoms with Crippen LogP contribution in [0.5, 0.6) is 5.75 Å². The molecule has 0 saturated heterocycles. The molecule has 0 bridgehead atoms. The standard InChI is InChI=1S/C16H19N3O2/c17-8-12-4-6-15(7-5-12)21-11-14(20)10-19-16-3-1-2-13(16)9-18/h4-7,13-14,16,19-20H,1-3,10-11H2/t13-,14-,16-/m1/s1. The fourth-order valence-corrected chi connectivity index (χ4v) is 2.52. The van der Waals surface area contributed by atoms with Crippen molar-refractivity contribution in [2.24, 2.45) is 5.92 Å². The Kier molecular flexibility index (Phi) is 5.57. The third-order valence-corrected chi connectivity index (χ3v) is 3.72. The van der Waals surface area contributed by atoms with Crippen LogP contribution < -0.4 is 10.1 Å². The molecule has 1 aromatic rings. The Morgan fingerprint density at radius 3 is 2.71 bits per heavy atom. The summed E-state index contributed by atoms with van der Waals surface area (Å²) in [6.07, 6.45) is 2.36. The first kappa shape index (κ1) is 15.3. The van der Waals surface area contributed by atoms with E-state index in [1.54, 1.807) is 24.3 Å². The molecule has 0 aromatic heterocycles. The Labute approximate surface area is 124 Å². The molecule has 1 aliphatic carbocycles. The molecule has 3 atom stereocenters. The first-order chi connectivity index (χ1) is 10.2. The third-order valence-electron chi connectivity index (χ3n) is 3.72. The third kappa shape index (κ3) is 4.46. The van der Waals surface area contributed by atoms with Gasteiger partial charge in [-0.05, 0) is 37.1 Å². The minimum atomic E-state index is -0.624. The van der Waals surface area contributed by atoms with Gasteiger partial charge in [0.1, 0.15) is 18.5 Å². The molecular weight excluding hydrogens is 266 g/mol. The van der Waals surface area contributed by atoms with E-state index < -0.39 is 6.10 Å². The molecule has 1 fully saturated rings. The molecule has 1 aliphatic rings. The lowest BCUT2D eigenvalue weighted by Gasteiger charge is -2.18. The number of nitrogens with zero attached hydrogens (tertiary/aromatic N) is 2. The maximum Gasteiger partial charge on any atom is 0.119 e. The van der Waals surface area contributed by atoms with Crippen LogP contribution >= 0.6 is 0 Å². The number of nitrogens with one attached hydrogen (secondary N) is 1. The normalized spacial score (nSPS) is 22.2. The summed E-state index contributed by atoms with van der Waals surface area (Å²) in [6, 6.07) is 11.3. The molecule has 0 unspecified atom stereocenters. The number of rotatable bonds is 6. The zero-order chi connectivity index (χ0) is 15.1. The minimum Gasteiger partial charge on any atom is -0.491 e. The van der Waals surface area contributed by atoms with E-state index in [9.17, 15) is 5.11 Å². The average Bonchev–Trinajstić information content (AvgIpc) is 2.99. The van der Waals surface area contributed by atoms with Crippen molar-refractivity contribution in [1.82, 2.24) is 5.32 Å². The van der Waals surface area contributed by atoms with Gasteiger partial charge < -0.3 is 15.2 Å². The van der Waals surface area contributed by atoms with Gasteiger partial charge in [0, 0.05) is 12.6 Å². The van der Waals surface area contributed by atoms with Gasteiger partial charge in [0.05, 0.1) is 23.6 Å². The Balaban J connectivity index is 1.71. The van der Waals surface area contributed by atoms with E-state index in [1.165, 1.54) is 0 Å². The van der Waals surface area contributed by atoms with Crippen molar-refractivity contribution in [1.29, 1.82) is 10.5 Å². The predicted octanol–water partition coefficient (Wildman–Crippen LogP) is 1.58. The van der Waals surface area contributed by atoms with Crippen molar-refractivity contribution in [3.8, 4) is 17.9 Å². The Morgan fingerprint density at radius 1 is 1.29 bits per heavy atom. The van der Waals surface area contributed by atoms with Crippen molar-refractivity contribution in [3.63, 3.8) is 0 Å². The number of hydrogen-bond acceptors (Lipinski definition) is 5. The van der Waals surface area contributed by atoms with E-state index >= 15 is 0 Å². The summed E-state index contributed by atoms with van der Waals surface area (Å²) in [5, 5.41) is 30.8. The molecule has 0 heterocycles. The van der Waals surface area contributed by atoms with Crippen molar-refractivity contribution in [3.05, 3.63) is 29.8 Å². The van der Waals surface area contributed by atoms with Crippen molar-refractivity contribution in [2.75, 3.05) is 13.2 Å². The molecular formula is C16H19N3O2. The van der Waals surface area contributed by atoms with Gasteiger partial charge in [0.15, 0.2) is 0 Å². The number of ether oxygens (including phenoxy) is 1. The Bertz CT molecular complexity index is 530. The summed E-state index contributed by atoms with van der Waals surface area (Å²) in [6.45, 7) is 0.599. The van der Waals surface area contributed by atoms with Crippen molar-refractivity contribution < 1.29 is 9.84 Å². The highest BCUT2D eigenvalue weighted by molar-refractivity contribution is 5.34. The highest BCUT2D eigenvalue weighted by Gasteiger charge is 2.26. The highest BCUT2D eigenvalue weighted by atomic mass is 16.5. The predicted molar refractivity (Wildman–Crippen MR) is 77.4 cm³/mol. The van der Waals surface area contributed by atoms with Crippen LogP contribution in [0.15, 0.2) is 24.3 Å². The molecule has 1 aromatic carbocycles. The number of nitriles is 2. The van der Waals surface area contributed by atoms with E-state index in [-0.39, 0.29) is 18.6 Å². The fraction of sp³-hybridized carbons (Fsp3) is 0.500. The molecule has 0 radical (unpaired) electrons.